The van der Waals surface area contributed by atoms with Gasteiger partial charge in [0.05, 0.1) is 0 Å². The van der Waals surface area contributed by atoms with Crippen molar-refractivity contribution in [1.82, 2.24) is 9.38 Å². The summed E-state index contributed by atoms with van der Waals surface area (Å²) >= 11 is 0. The van der Waals surface area contributed by atoms with Crippen LogP contribution in [0.25, 0.3) is 5.65 Å². The second-order valence-corrected chi connectivity index (χ2v) is 2.94. The van der Waals surface area contributed by atoms with Crippen LogP contribution in [-0.2, 0) is 0 Å². The second-order valence-electron chi connectivity index (χ2n) is 2.94. The second kappa shape index (κ2) is 3.77. The van der Waals surface area contributed by atoms with E-state index in [9.17, 15) is 0 Å². The van der Waals surface area contributed by atoms with E-state index in [1.807, 2.05) is 35.9 Å². The highest BCUT2D eigenvalue weighted by Gasteiger charge is 1.99. The molecule has 0 saturated heterocycles. The largest absolute Gasteiger partial charge is 0.324 e. The van der Waals surface area contributed by atoms with Gasteiger partial charge in [-0.25, -0.2) is 4.98 Å². The molecule has 2 rings (SSSR count). The number of halogens is 1. The molecule has 0 aromatic carbocycles. The van der Waals surface area contributed by atoms with Gasteiger partial charge < -0.3 is 10.1 Å². The summed E-state index contributed by atoms with van der Waals surface area (Å²) in [7, 11) is 0. The van der Waals surface area contributed by atoms with Gasteiger partial charge in [0.2, 0.25) is 0 Å². The summed E-state index contributed by atoms with van der Waals surface area (Å²) in [6.07, 6.45) is 5.70. The molecule has 4 heteroatoms. The molecule has 0 aliphatic rings. The van der Waals surface area contributed by atoms with Crippen molar-refractivity contribution in [2.24, 2.45) is 5.73 Å². The minimum atomic E-state index is 0. The van der Waals surface area contributed by atoms with Gasteiger partial charge in [0.15, 0.2) is 0 Å². The van der Waals surface area contributed by atoms with Crippen molar-refractivity contribution in [3.63, 3.8) is 0 Å². The van der Waals surface area contributed by atoms with Crippen LogP contribution in [0.5, 0.6) is 0 Å². The molecule has 0 spiro atoms. The number of pyridine rings is 1. The molecular weight excluding hydrogens is 186 g/mol. The minimum absolute atomic E-state index is 0. The zero-order valence-corrected chi connectivity index (χ0v) is 8.16. The third kappa shape index (κ3) is 1.82. The summed E-state index contributed by atoms with van der Waals surface area (Å²) in [6, 6.07) is 4.06. The lowest BCUT2D eigenvalue weighted by Crippen LogP contribution is -2.05. The van der Waals surface area contributed by atoms with Crippen molar-refractivity contribution in [2.45, 2.75) is 13.0 Å². The third-order valence-electron chi connectivity index (χ3n) is 1.94. The molecule has 70 valence electrons. The monoisotopic (exact) mass is 197 g/mol. The molecule has 0 amide bonds. The van der Waals surface area contributed by atoms with Crippen molar-refractivity contribution in [3.05, 3.63) is 36.3 Å². The minimum Gasteiger partial charge on any atom is -0.324 e. The fourth-order valence-corrected chi connectivity index (χ4v) is 1.21. The zero-order chi connectivity index (χ0) is 8.55. The summed E-state index contributed by atoms with van der Waals surface area (Å²) in [4.78, 5) is 4.14. The highest BCUT2D eigenvalue weighted by atomic mass is 35.5. The molecule has 13 heavy (non-hydrogen) atoms. The first kappa shape index (κ1) is 10.0. The van der Waals surface area contributed by atoms with Crippen LogP contribution in [0.3, 0.4) is 0 Å². The molecule has 0 aliphatic carbocycles. The molecule has 0 radical (unpaired) electrons. The Labute approximate surface area is 83.0 Å². The molecule has 2 N–H and O–H groups in total. The SMILES string of the molecule is CC(N)c1ccc2nccn2c1.Cl. The van der Waals surface area contributed by atoms with Crippen LogP contribution in [0.2, 0.25) is 0 Å². The first-order valence-electron chi connectivity index (χ1n) is 3.95. The quantitative estimate of drug-likeness (QED) is 0.758. The molecule has 1 atom stereocenters. The van der Waals surface area contributed by atoms with Crippen molar-refractivity contribution in [3.8, 4) is 0 Å². The van der Waals surface area contributed by atoms with E-state index in [1.54, 1.807) is 6.20 Å². The fraction of sp³-hybridized carbons (Fsp3) is 0.222. The van der Waals surface area contributed by atoms with Gasteiger partial charge in [0.1, 0.15) is 5.65 Å². The van der Waals surface area contributed by atoms with Gasteiger partial charge in [-0.05, 0) is 18.6 Å². The number of fused-ring (bicyclic) bond motifs is 1. The predicted octanol–water partition coefficient (Wildman–Crippen LogP) is 1.78. The molecule has 0 bridgehead atoms. The molecule has 0 saturated carbocycles. The predicted molar refractivity (Wildman–Crippen MR) is 55.0 cm³/mol. The Morgan fingerprint density at radius 3 is 2.92 bits per heavy atom. The number of nitrogens with two attached hydrogens (primary N) is 1. The molecule has 2 aromatic rings. The third-order valence-corrected chi connectivity index (χ3v) is 1.94. The van der Waals surface area contributed by atoms with E-state index in [0.29, 0.717) is 0 Å². The zero-order valence-electron chi connectivity index (χ0n) is 7.34. The molecule has 1 unspecified atom stereocenters. The summed E-state index contributed by atoms with van der Waals surface area (Å²) in [5.74, 6) is 0. The van der Waals surface area contributed by atoms with E-state index in [1.165, 1.54) is 0 Å². The lowest BCUT2D eigenvalue weighted by Gasteiger charge is -2.04. The number of hydrogen-bond donors (Lipinski definition) is 1. The summed E-state index contributed by atoms with van der Waals surface area (Å²) in [5, 5.41) is 0. The van der Waals surface area contributed by atoms with Crippen LogP contribution >= 0.6 is 12.4 Å². The Balaban J connectivity index is 0.000000845. The van der Waals surface area contributed by atoms with Crippen molar-refractivity contribution >= 4 is 18.1 Å². The summed E-state index contributed by atoms with van der Waals surface area (Å²) in [6.45, 7) is 1.97. The molecular formula is C9H12ClN3. The van der Waals surface area contributed by atoms with Crippen molar-refractivity contribution < 1.29 is 0 Å². The van der Waals surface area contributed by atoms with Gasteiger partial charge in [0.25, 0.3) is 0 Å². The van der Waals surface area contributed by atoms with Gasteiger partial charge in [-0.1, -0.05) is 6.07 Å². The normalized spacial score (nSPS) is 12.5. The van der Waals surface area contributed by atoms with Crippen molar-refractivity contribution in [2.75, 3.05) is 0 Å². The number of hydrogen-bond acceptors (Lipinski definition) is 2. The van der Waals surface area contributed by atoms with Crippen LogP contribution < -0.4 is 5.73 Å². The smallest absolute Gasteiger partial charge is 0.136 e. The van der Waals surface area contributed by atoms with E-state index in [-0.39, 0.29) is 18.4 Å². The lowest BCUT2D eigenvalue weighted by atomic mass is 10.2. The number of aromatic nitrogens is 2. The molecule has 0 aliphatic heterocycles. The molecule has 0 fully saturated rings. The summed E-state index contributed by atoms with van der Waals surface area (Å²) < 4.78 is 1.97. The maximum atomic E-state index is 5.74. The Morgan fingerprint density at radius 1 is 1.46 bits per heavy atom. The maximum Gasteiger partial charge on any atom is 0.136 e. The Bertz CT molecular complexity index is 394. The van der Waals surface area contributed by atoms with E-state index < -0.39 is 0 Å². The lowest BCUT2D eigenvalue weighted by molar-refractivity contribution is 0.808. The molecule has 2 aromatic heterocycles. The van der Waals surface area contributed by atoms with Gasteiger partial charge >= 0.3 is 0 Å². The van der Waals surface area contributed by atoms with Crippen LogP contribution in [0.1, 0.15) is 18.5 Å². The Morgan fingerprint density at radius 2 is 2.23 bits per heavy atom. The highest BCUT2D eigenvalue weighted by molar-refractivity contribution is 5.85. The first-order valence-corrected chi connectivity index (χ1v) is 3.95. The van der Waals surface area contributed by atoms with E-state index >= 15 is 0 Å². The first-order chi connectivity index (χ1) is 5.77. The van der Waals surface area contributed by atoms with E-state index in [0.717, 1.165) is 11.2 Å². The van der Waals surface area contributed by atoms with Crippen LogP contribution in [-0.4, -0.2) is 9.38 Å². The Kier molecular flexibility index (Phi) is 2.90. The highest BCUT2D eigenvalue weighted by Crippen LogP contribution is 2.10. The van der Waals surface area contributed by atoms with Gasteiger partial charge in [-0.15, -0.1) is 12.4 Å². The Hall–Kier alpha value is -1.06. The average Bonchev–Trinajstić information content (AvgIpc) is 2.49. The topological polar surface area (TPSA) is 43.3 Å². The summed E-state index contributed by atoms with van der Waals surface area (Å²) in [5.41, 5.74) is 7.82. The van der Waals surface area contributed by atoms with E-state index in [2.05, 4.69) is 4.98 Å². The fourth-order valence-electron chi connectivity index (χ4n) is 1.21. The maximum absolute atomic E-state index is 5.74. The van der Waals surface area contributed by atoms with Gasteiger partial charge in [-0.2, -0.15) is 0 Å². The van der Waals surface area contributed by atoms with Crippen LogP contribution in [0, 0.1) is 0 Å². The number of nitrogens with zero attached hydrogens (tertiary/aromatic N) is 2. The number of imidazole rings is 1. The van der Waals surface area contributed by atoms with Gasteiger partial charge in [-0.3, -0.25) is 0 Å². The van der Waals surface area contributed by atoms with Crippen LogP contribution in [0.4, 0.5) is 0 Å². The van der Waals surface area contributed by atoms with E-state index in [4.69, 9.17) is 5.73 Å². The standard InChI is InChI=1S/C9H11N3.ClH/c1-7(10)8-2-3-9-11-4-5-12(9)6-8;/h2-7H,10H2,1H3;1H. The van der Waals surface area contributed by atoms with Gasteiger partial charge in [0, 0.05) is 24.6 Å². The number of rotatable bonds is 1. The molecule has 3 nitrogen and oxygen atoms in total. The average molecular weight is 198 g/mol. The van der Waals surface area contributed by atoms with Crippen molar-refractivity contribution in [1.29, 1.82) is 0 Å². The molecule has 2 heterocycles. The van der Waals surface area contributed by atoms with Crippen LogP contribution in [0.15, 0.2) is 30.7 Å².